The van der Waals surface area contributed by atoms with Crippen LogP contribution in [0.3, 0.4) is 0 Å². The summed E-state index contributed by atoms with van der Waals surface area (Å²) in [5, 5.41) is 3.21. The quantitative estimate of drug-likeness (QED) is 0.887. The van der Waals surface area contributed by atoms with Gasteiger partial charge in [0.15, 0.2) is 0 Å². The summed E-state index contributed by atoms with van der Waals surface area (Å²) in [5.41, 5.74) is 0. The highest BCUT2D eigenvalue weighted by Crippen LogP contribution is 2.16. The number of nitrogens with zero attached hydrogens (tertiary/aromatic N) is 6. The monoisotopic (exact) mass is 363 g/mol. The van der Waals surface area contributed by atoms with E-state index in [1.165, 1.54) is 0 Å². The van der Waals surface area contributed by atoms with E-state index in [4.69, 9.17) is 0 Å². The van der Waals surface area contributed by atoms with Crippen molar-refractivity contribution >= 4 is 33.6 Å². The molecule has 0 unspecified atom stereocenters. The van der Waals surface area contributed by atoms with Crippen LogP contribution in [-0.2, 0) is 0 Å². The standard InChI is InChI=1S/C14H18BrN7/c1-2-16-12-3-4-17-14(20-12)22-7-5-21(6-8-22)13-18-9-11(15)10-19-13/h3-4,9-10H,2,5-8H2,1H3,(H,16,17,20). The second-order valence-corrected chi connectivity index (χ2v) is 5.86. The van der Waals surface area contributed by atoms with Crippen LogP contribution in [0.15, 0.2) is 29.1 Å². The summed E-state index contributed by atoms with van der Waals surface area (Å²) in [6.45, 7) is 6.33. The lowest BCUT2D eigenvalue weighted by Gasteiger charge is -2.34. The maximum Gasteiger partial charge on any atom is 0.227 e. The Morgan fingerprint density at radius 2 is 1.68 bits per heavy atom. The Morgan fingerprint density at radius 1 is 1.05 bits per heavy atom. The first-order valence-corrected chi connectivity index (χ1v) is 8.10. The minimum Gasteiger partial charge on any atom is -0.370 e. The summed E-state index contributed by atoms with van der Waals surface area (Å²) >= 11 is 3.35. The molecule has 0 amide bonds. The van der Waals surface area contributed by atoms with E-state index in [1.807, 2.05) is 6.07 Å². The summed E-state index contributed by atoms with van der Waals surface area (Å²) in [7, 11) is 0. The van der Waals surface area contributed by atoms with Gasteiger partial charge in [-0.05, 0) is 28.9 Å². The van der Waals surface area contributed by atoms with Crippen molar-refractivity contribution in [3.63, 3.8) is 0 Å². The number of halogens is 1. The molecular weight excluding hydrogens is 346 g/mol. The molecule has 0 radical (unpaired) electrons. The normalized spacial score (nSPS) is 15.0. The molecule has 0 spiro atoms. The van der Waals surface area contributed by atoms with E-state index in [1.54, 1.807) is 18.6 Å². The van der Waals surface area contributed by atoms with E-state index in [0.717, 1.165) is 54.9 Å². The highest BCUT2D eigenvalue weighted by Gasteiger charge is 2.20. The van der Waals surface area contributed by atoms with Crippen LogP contribution in [0.5, 0.6) is 0 Å². The van der Waals surface area contributed by atoms with Gasteiger partial charge in [0, 0.05) is 51.3 Å². The van der Waals surface area contributed by atoms with Gasteiger partial charge in [-0.2, -0.15) is 4.98 Å². The Morgan fingerprint density at radius 3 is 2.32 bits per heavy atom. The van der Waals surface area contributed by atoms with Crippen LogP contribution in [0.25, 0.3) is 0 Å². The van der Waals surface area contributed by atoms with Gasteiger partial charge >= 0.3 is 0 Å². The maximum absolute atomic E-state index is 4.54. The topological polar surface area (TPSA) is 70.1 Å². The van der Waals surface area contributed by atoms with Crippen molar-refractivity contribution in [1.82, 2.24) is 19.9 Å². The molecule has 0 aromatic carbocycles. The molecule has 3 rings (SSSR count). The predicted octanol–water partition coefficient (Wildman–Crippen LogP) is 1.79. The molecule has 8 heteroatoms. The molecule has 116 valence electrons. The molecular formula is C14H18BrN7. The zero-order chi connectivity index (χ0) is 15.4. The summed E-state index contributed by atoms with van der Waals surface area (Å²) in [6, 6.07) is 1.89. The van der Waals surface area contributed by atoms with Crippen molar-refractivity contribution in [3.05, 3.63) is 29.1 Å². The number of hydrogen-bond donors (Lipinski definition) is 1. The number of anilines is 3. The van der Waals surface area contributed by atoms with E-state index in [9.17, 15) is 0 Å². The molecule has 3 heterocycles. The van der Waals surface area contributed by atoms with Gasteiger partial charge < -0.3 is 15.1 Å². The third-order valence-electron chi connectivity index (χ3n) is 3.45. The van der Waals surface area contributed by atoms with Gasteiger partial charge in [0.05, 0.1) is 4.47 Å². The lowest BCUT2D eigenvalue weighted by atomic mass is 10.3. The summed E-state index contributed by atoms with van der Waals surface area (Å²) < 4.78 is 0.892. The van der Waals surface area contributed by atoms with Crippen LogP contribution in [0.1, 0.15) is 6.92 Å². The zero-order valence-electron chi connectivity index (χ0n) is 12.4. The highest BCUT2D eigenvalue weighted by atomic mass is 79.9. The van der Waals surface area contributed by atoms with Crippen LogP contribution in [0, 0.1) is 0 Å². The van der Waals surface area contributed by atoms with E-state index >= 15 is 0 Å². The Bertz CT molecular complexity index is 611. The molecule has 0 bridgehead atoms. The summed E-state index contributed by atoms with van der Waals surface area (Å²) in [5.74, 6) is 2.41. The predicted molar refractivity (Wildman–Crippen MR) is 90.4 cm³/mol. The van der Waals surface area contributed by atoms with Gasteiger partial charge in [0.2, 0.25) is 11.9 Å². The average molecular weight is 364 g/mol. The summed E-state index contributed by atoms with van der Waals surface area (Å²) in [6.07, 6.45) is 5.35. The third kappa shape index (κ3) is 3.44. The van der Waals surface area contributed by atoms with E-state index in [2.05, 4.69) is 57.9 Å². The van der Waals surface area contributed by atoms with Gasteiger partial charge in [0.1, 0.15) is 5.82 Å². The Balaban J connectivity index is 1.64. The number of rotatable bonds is 4. The maximum atomic E-state index is 4.54. The molecule has 0 atom stereocenters. The molecule has 1 saturated heterocycles. The SMILES string of the molecule is CCNc1ccnc(N2CCN(c3ncc(Br)cn3)CC2)n1. The molecule has 0 saturated carbocycles. The fourth-order valence-corrected chi connectivity index (χ4v) is 2.56. The molecule has 22 heavy (non-hydrogen) atoms. The molecule has 1 aliphatic heterocycles. The van der Waals surface area contributed by atoms with Gasteiger partial charge in [-0.15, -0.1) is 0 Å². The van der Waals surface area contributed by atoms with E-state index in [-0.39, 0.29) is 0 Å². The van der Waals surface area contributed by atoms with Crippen molar-refractivity contribution in [2.24, 2.45) is 0 Å². The second kappa shape index (κ2) is 6.87. The lowest BCUT2D eigenvalue weighted by Crippen LogP contribution is -2.47. The van der Waals surface area contributed by atoms with Crippen LogP contribution in [-0.4, -0.2) is 52.7 Å². The van der Waals surface area contributed by atoms with Gasteiger partial charge in [-0.25, -0.2) is 15.0 Å². The second-order valence-electron chi connectivity index (χ2n) is 4.95. The van der Waals surface area contributed by atoms with Crippen molar-refractivity contribution in [2.75, 3.05) is 47.8 Å². The van der Waals surface area contributed by atoms with Crippen LogP contribution >= 0.6 is 15.9 Å². The lowest BCUT2D eigenvalue weighted by molar-refractivity contribution is 0.628. The van der Waals surface area contributed by atoms with Crippen molar-refractivity contribution < 1.29 is 0 Å². The largest absolute Gasteiger partial charge is 0.370 e. The Hall–Kier alpha value is -1.96. The van der Waals surface area contributed by atoms with Crippen molar-refractivity contribution in [2.45, 2.75) is 6.92 Å². The number of nitrogens with one attached hydrogen (secondary N) is 1. The van der Waals surface area contributed by atoms with Crippen molar-refractivity contribution in [1.29, 1.82) is 0 Å². The van der Waals surface area contributed by atoms with Crippen LogP contribution in [0.4, 0.5) is 17.7 Å². The molecule has 1 aliphatic rings. The fourth-order valence-electron chi connectivity index (χ4n) is 2.36. The molecule has 0 aliphatic carbocycles. The Labute approximate surface area is 137 Å². The average Bonchev–Trinajstić information content (AvgIpc) is 2.56. The highest BCUT2D eigenvalue weighted by molar-refractivity contribution is 9.10. The van der Waals surface area contributed by atoms with Crippen LogP contribution in [0.2, 0.25) is 0 Å². The van der Waals surface area contributed by atoms with Gasteiger partial charge in [-0.1, -0.05) is 0 Å². The number of piperazine rings is 1. The molecule has 2 aromatic heterocycles. The molecule has 1 fully saturated rings. The van der Waals surface area contributed by atoms with E-state index in [0.29, 0.717) is 0 Å². The first-order chi connectivity index (χ1) is 10.8. The minimum absolute atomic E-state index is 0.769. The van der Waals surface area contributed by atoms with Gasteiger partial charge in [0.25, 0.3) is 0 Å². The van der Waals surface area contributed by atoms with Gasteiger partial charge in [-0.3, -0.25) is 0 Å². The zero-order valence-corrected chi connectivity index (χ0v) is 14.0. The third-order valence-corrected chi connectivity index (χ3v) is 3.86. The fraction of sp³-hybridized carbons (Fsp3) is 0.429. The smallest absolute Gasteiger partial charge is 0.227 e. The van der Waals surface area contributed by atoms with Crippen LogP contribution < -0.4 is 15.1 Å². The molecule has 2 aromatic rings. The Kier molecular flexibility index (Phi) is 4.67. The first kappa shape index (κ1) is 15.0. The number of hydrogen-bond acceptors (Lipinski definition) is 7. The van der Waals surface area contributed by atoms with Crippen molar-refractivity contribution in [3.8, 4) is 0 Å². The minimum atomic E-state index is 0.769. The molecule has 1 N–H and O–H groups in total. The number of aromatic nitrogens is 4. The van der Waals surface area contributed by atoms with E-state index < -0.39 is 0 Å². The summed E-state index contributed by atoms with van der Waals surface area (Å²) in [4.78, 5) is 22.0. The molecule has 7 nitrogen and oxygen atoms in total. The first-order valence-electron chi connectivity index (χ1n) is 7.30.